The Bertz CT molecular complexity index is 266. The number of aliphatic hydroxyl groups excluding tert-OH is 1. The van der Waals surface area contributed by atoms with Crippen molar-refractivity contribution in [1.29, 1.82) is 0 Å². The standard InChI is InChI=1S/C13H24N2O2/c14-11(9-5-6-9)7-13(17)15-8-10-3-1-2-4-12(10)16/h9-12,16H,1-8,14H2,(H,15,17). The number of amides is 1. The van der Waals surface area contributed by atoms with Crippen LogP contribution in [0.5, 0.6) is 0 Å². The first-order valence-electron chi connectivity index (χ1n) is 6.87. The van der Waals surface area contributed by atoms with Crippen molar-refractivity contribution in [3.05, 3.63) is 0 Å². The number of nitrogens with one attached hydrogen (secondary N) is 1. The highest BCUT2D eigenvalue weighted by molar-refractivity contribution is 5.76. The van der Waals surface area contributed by atoms with Crippen molar-refractivity contribution in [2.45, 2.75) is 57.1 Å². The molecular formula is C13H24N2O2. The third-order valence-electron chi connectivity index (χ3n) is 4.08. The zero-order chi connectivity index (χ0) is 12.3. The zero-order valence-corrected chi connectivity index (χ0v) is 10.4. The first-order chi connectivity index (χ1) is 8.16. The molecule has 0 heterocycles. The molecule has 2 saturated carbocycles. The van der Waals surface area contributed by atoms with Gasteiger partial charge in [0, 0.05) is 24.9 Å². The quantitative estimate of drug-likeness (QED) is 0.665. The fourth-order valence-corrected chi connectivity index (χ4v) is 2.65. The SMILES string of the molecule is NC(CC(=O)NCC1CCCCC1O)C1CC1. The molecule has 3 atom stereocenters. The van der Waals surface area contributed by atoms with Crippen molar-refractivity contribution >= 4 is 5.91 Å². The summed E-state index contributed by atoms with van der Waals surface area (Å²) < 4.78 is 0. The topological polar surface area (TPSA) is 75.4 Å². The Kier molecular flexibility index (Phi) is 4.40. The molecule has 4 N–H and O–H groups in total. The summed E-state index contributed by atoms with van der Waals surface area (Å²) in [6, 6.07) is 0.0336. The van der Waals surface area contributed by atoms with Gasteiger partial charge in [0.2, 0.25) is 5.91 Å². The van der Waals surface area contributed by atoms with Crippen LogP contribution >= 0.6 is 0 Å². The second kappa shape index (κ2) is 5.83. The second-order valence-corrected chi connectivity index (χ2v) is 5.62. The average molecular weight is 240 g/mol. The lowest BCUT2D eigenvalue weighted by Gasteiger charge is -2.27. The molecule has 0 bridgehead atoms. The monoisotopic (exact) mass is 240 g/mol. The van der Waals surface area contributed by atoms with Gasteiger partial charge in [-0.3, -0.25) is 4.79 Å². The van der Waals surface area contributed by atoms with Crippen LogP contribution in [0.4, 0.5) is 0 Å². The predicted octanol–water partition coefficient (Wildman–Crippen LogP) is 0.781. The number of nitrogens with two attached hydrogens (primary N) is 1. The van der Waals surface area contributed by atoms with Crippen LogP contribution in [0.3, 0.4) is 0 Å². The molecule has 1 amide bonds. The van der Waals surface area contributed by atoms with E-state index in [-0.39, 0.29) is 24.0 Å². The summed E-state index contributed by atoms with van der Waals surface area (Å²) in [6.45, 7) is 0.609. The second-order valence-electron chi connectivity index (χ2n) is 5.62. The summed E-state index contributed by atoms with van der Waals surface area (Å²) in [5, 5.41) is 12.7. The normalized spacial score (nSPS) is 30.9. The molecule has 3 unspecified atom stereocenters. The van der Waals surface area contributed by atoms with Crippen LogP contribution in [-0.2, 0) is 4.79 Å². The molecule has 98 valence electrons. The maximum absolute atomic E-state index is 11.7. The van der Waals surface area contributed by atoms with E-state index in [0.29, 0.717) is 18.9 Å². The fourth-order valence-electron chi connectivity index (χ4n) is 2.65. The van der Waals surface area contributed by atoms with E-state index in [1.807, 2.05) is 0 Å². The minimum absolute atomic E-state index is 0.0336. The van der Waals surface area contributed by atoms with Gasteiger partial charge in [-0.1, -0.05) is 12.8 Å². The van der Waals surface area contributed by atoms with Crippen molar-refractivity contribution in [1.82, 2.24) is 5.32 Å². The molecule has 0 saturated heterocycles. The van der Waals surface area contributed by atoms with Gasteiger partial charge in [0.1, 0.15) is 0 Å². The lowest BCUT2D eigenvalue weighted by molar-refractivity contribution is -0.122. The average Bonchev–Trinajstić information content (AvgIpc) is 3.11. The van der Waals surface area contributed by atoms with Crippen molar-refractivity contribution in [2.75, 3.05) is 6.54 Å². The zero-order valence-electron chi connectivity index (χ0n) is 10.4. The molecule has 0 aromatic carbocycles. The maximum Gasteiger partial charge on any atom is 0.221 e. The van der Waals surface area contributed by atoms with E-state index < -0.39 is 0 Å². The van der Waals surface area contributed by atoms with Crippen molar-refractivity contribution < 1.29 is 9.90 Å². The van der Waals surface area contributed by atoms with E-state index in [1.165, 1.54) is 19.3 Å². The van der Waals surface area contributed by atoms with Crippen molar-refractivity contribution in [3.63, 3.8) is 0 Å². The molecule has 2 aliphatic carbocycles. The fraction of sp³-hybridized carbons (Fsp3) is 0.923. The molecule has 2 rings (SSSR count). The summed E-state index contributed by atoms with van der Waals surface area (Å²) in [6.07, 6.45) is 6.73. The van der Waals surface area contributed by atoms with Gasteiger partial charge in [0.25, 0.3) is 0 Å². The lowest BCUT2D eigenvalue weighted by atomic mass is 9.86. The molecular weight excluding hydrogens is 216 g/mol. The third kappa shape index (κ3) is 3.96. The highest BCUT2D eigenvalue weighted by atomic mass is 16.3. The van der Waals surface area contributed by atoms with E-state index in [0.717, 1.165) is 19.3 Å². The maximum atomic E-state index is 11.7. The van der Waals surface area contributed by atoms with Crippen molar-refractivity contribution in [3.8, 4) is 0 Å². The van der Waals surface area contributed by atoms with E-state index in [1.54, 1.807) is 0 Å². The van der Waals surface area contributed by atoms with Gasteiger partial charge in [-0.2, -0.15) is 0 Å². The Hall–Kier alpha value is -0.610. The first kappa shape index (κ1) is 12.8. The van der Waals surface area contributed by atoms with Gasteiger partial charge in [-0.25, -0.2) is 0 Å². The number of carbonyl (C=O) groups is 1. The third-order valence-corrected chi connectivity index (χ3v) is 4.08. The Balaban J connectivity index is 1.64. The summed E-state index contributed by atoms with van der Waals surface area (Å²) in [4.78, 5) is 11.7. The summed E-state index contributed by atoms with van der Waals surface area (Å²) >= 11 is 0. The van der Waals surface area contributed by atoms with Crippen LogP contribution in [0.2, 0.25) is 0 Å². The minimum atomic E-state index is -0.235. The predicted molar refractivity (Wildman–Crippen MR) is 66.3 cm³/mol. The smallest absolute Gasteiger partial charge is 0.221 e. The van der Waals surface area contributed by atoms with Crippen LogP contribution in [0.25, 0.3) is 0 Å². The number of rotatable bonds is 5. The van der Waals surface area contributed by atoms with Crippen LogP contribution in [0.15, 0.2) is 0 Å². The van der Waals surface area contributed by atoms with E-state index in [9.17, 15) is 9.90 Å². The molecule has 2 aliphatic rings. The van der Waals surface area contributed by atoms with Crippen LogP contribution < -0.4 is 11.1 Å². The first-order valence-corrected chi connectivity index (χ1v) is 6.87. The molecule has 2 fully saturated rings. The Morgan fingerprint density at radius 3 is 2.65 bits per heavy atom. The summed E-state index contributed by atoms with van der Waals surface area (Å²) in [5.74, 6) is 0.855. The van der Waals surface area contributed by atoms with Gasteiger partial charge in [0.05, 0.1) is 6.10 Å². The van der Waals surface area contributed by atoms with Gasteiger partial charge >= 0.3 is 0 Å². The number of hydrogen-bond donors (Lipinski definition) is 3. The molecule has 0 radical (unpaired) electrons. The molecule has 4 heteroatoms. The van der Waals surface area contributed by atoms with Crippen LogP contribution in [-0.4, -0.2) is 29.7 Å². The Morgan fingerprint density at radius 1 is 1.29 bits per heavy atom. The van der Waals surface area contributed by atoms with E-state index in [4.69, 9.17) is 5.73 Å². The summed E-state index contributed by atoms with van der Waals surface area (Å²) in [7, 11) is 0. The van der Waals surface area contributed by atoms with Crippen LogP contribution in [0, 0.1) is 11.8 Å². The molecule has 17 heavy (non-hydrogen) atoms. The number of aliphatic hydroxyl groups is 1. The summed E-state index contributed by atoms with van der Waals surface area (Å²) in [5.41, 5.74) is 5.91. The Morgan fingerprint density at radius 2 is 2.00 bits per heavy atom. The van der Waals surface area contributed by atoms with Crippen LogP contribution in [0.1, 0.15) is 44.9 Å². The van der Waals surface area contributed by atoms with Crippen molar-refractivity contribution in [2.24, 2.45) is 17.6 Å². The molecule has 0 spiro atoms. The number of hydrogen-bond acceptors (Lipinski definition) is 3. The Labute approximate surface area is 103 Å². The lowest BCUT2D eigenvalue weighted by Crippen LogP contribution is -2.39. The van der Waals surface area contributed by atoms with Gasteiger partial charge < -0.3 is 16.2 Å². The van der Waals surface area contributed by atoms with E-state index >= 15 is 0 Å². The molecule has 4 nitrogen and oxygen atoms in total. The molecule has 0 aromatic heterocycles. The largest absolute Gasteiger partial charge is 0.393 e. The van der Waals surface area contributed by atoms with E-state index in [2.05, 4.69) is 5.32 Å². The van der Waals surface area contributed by atoms with Gasteiger partial charge in [-0.05, 0) is 31.6 Å². The highest BCUT2D eigenvalue weighted by Gasteiger charge is 2.30. The molecule has 0 aromatic rings. The number of carbonyl (C=O) groups excluding carboxylic acids is 1. The molecule has 0 aliphatic heterocycles. The minimum Gasteiger partial charge on any atom is -0.393 e. The van der Waals surface area contributed by atoms with Gasteiger partial charge in [0.15, 0.2) is 0 Å². The van der Waals surface area contributed by atoms with Gasteiger partial charge in [-0.15, -0.1) is 0 Å². The highest BCUT2D eigenvalue weighted by Crippen LogP contribution is 2.32.